The number of hydrogen-bond donors (Lipinski definition) is 1. The molecule has 21 heavy (non-hydrogen) atoms. The second-order valence-corrected chi connectivity index (χ2v) is 5.46. The number of amidine groups is 1. The number of nitrogens with two attached hydrogens (primary N) is 1. The standard InChI is InChI=1S/C14H13ClN4O.ClH/c15-9-3-1-4-10(7-9)19-13(17)12-6-2-5-11(8-16)18(12)14(19)20;/h1,3-4,7,11-12,17H,2,5-6H2;1H. The van der Waals surface area contributed by atoms with E-state index in [9.17, 15) is 10.1 Å². The van der Waals surface area contributed by atoms with Crippen LogP contribution in [0.15, 0.2) is 24.3 Å². The molecular weight excluding hydrogens is 311 g/mol. The molecule has 2 atom stereocenters. The molecule has 0 spiro atoms. The first-order valence-corrected chi connectivity index (χ1v) is 6.91. The Morgan fingerprint density at radius 3 is 2.86 bits per heavy atom. The molecule has 0 aliphatic carbocycles. The van der Waals surface area contributed by atoms with Gasteiger partial charge in [0.2, 0.25) is 5.84 Å². The van der Waals surface area contributed by atoms with E-state index in [1.54, 1.807) is 29.2 Å². The molecule has 2 unspecified atom stereocenters. The largest absolute Gasteiger partial charge is 1.00 e. The summed E-state index contributed by atoms with van der Waals surface area (Å²) < 4.78 is 1.46. The van der Waals surface area contributed by atoms with Crippen molar-refractivity contribution in [2.75, 3.05) is 0 Å². The molecule has 3 rings (SSSR count). The van der Waals surface area contributed by atoms with Crippen LogP contribution in [0.4, 0.5) is 10.5 Å². The number of nitrogens with zero attached hydrogens (tertiary/aromatic N) is 3. The molecule has 2 aliphatic rings. The van der Waals surface area contributed by atoms with Crippen molar-refractivity contribution >= 4 is 29.2 Å². The van der Waals surface area contributed by atoms with Crippen molar-refractivity contribution in [3.05, 3.63) is 29.3 Å². The van der Waals surface area contributed by atoms with E-state index in [0.717, 1.165) is 12.8 Å². The lowest BCUT2D eigenvalue weighted by Gasteiger charge is -2.27. The van der Waals surface area contributed by atoms with Crippen LogP contribution in [-0.4, -0.2) is 33.4 Å². The maximum atomic E-state index is 12.6. The minimum atomic E-state index is -0.399. The zero-order valence-electron chi connectivity index (χ0n) is 11.2. The monoisotopic (exact) mass is 324 g/mol. The van der Waals surface area contributed by atoms with Gasteiger partial charge in [-0.15, -0.1) is 0 Å². The molecule has 0 saturated carbocycles. The van der Waals surface area contributed by atoms with Gasteiger partial charge in [0.15, 0.2) is 12.1 Å². The number of hydrogen-bond acceptors (Lipinski definition) is 3. The van der Waals surface area contributed by atoms with Crippen LogP contribution in [0.3, 0.4) is 0 Å². The zero-order chi connectivity index (χ0) is 14.3. The van der Waals surface area contributed by atoms with Crippen molar-refractivity contribution in [1.82, 2.24) is 4.90 Å². The fourth-order valence-electron chi connectivity index (χ4n) is 2.93. The lowest BCUT2D eigenvalue weighted by molar-refractivity contribution is -0.333. The van der Waals surface area contributed by atoms with Crippen molar-refractivity contribution in [1.29, 1.82) is 5.26 Å². The SMILES string of the molecule is N#CC1CCCC2C(N)=[N+](c3cccc(Cl)c3)C(=O)N12.[Cl-]. The van der Waals surface area contributed by atoms with Gasteiger partial charge in [0, 0.05) is 5.02 Å². The maximum absolute atomic E-state index is 12.6. The molecule has 7 heteroatoms. The van der Waals surface area contributed by atoms with Crippen LogP contribution >= 0.6 is 11.6 Å². The summed E-state index contributed by atoms with van der Waals surface area (Å²) in [5, 5.41) is 9.76. The van der Waals surface area contributed by atoms with Gasteiger partial charge < -0.3 is 18.1 Å². The van der Waals surface area contributed by atoms with E-state index in [0.29, 0.717) is 23.0 Å². The minimum absolute atomic E-state index is 0. The van der Waals surface area contributed by atoms with Crippen LogP contribution in [-0.2, 0) is 0 Å². The molecule has 1 saturated heterocycles. The summed E-state index contributed by atoms with van der Waals surface area (Å²) in [5.74, 6) is 0.484. The lowest BCUT2D eigenvalue weighted by Crippen LogP contribution is -3.00. The minimum Gasteiger partial charge on any atom is -1.00 e. The van der Waals surface area contributed by atoms with Gasteiger partial charge in [-0.2, -0.15) is 9.84 Å². The highest BCUT2D eigenvalue weighted by molar-refractivity contribution is 6.30. The van der Waals surface area contributed by atoms with Gasteiger partial charge in [0.1, 0.15) is 11.8 Å². The fourth-order valence-corrected chi connectivity index (χ4v) is 3.12. The molecule has 5 nitrogen and oxygen atoms in total. The topological polar surface area (TPSA) is 73.1 Å². The summed E-state index contributed by atoms with van der Waals surface area (Å²) in [6.45, 7) is 0. The zero-order valence-corrected chi connectivity index (χ0v) is 12.7. The number of carbonyl (C=O) groups is 1. The van der Waals surface area contributed by atoms with Crippen LogP contribution in [0, 0.1) is 11.3 Å². The molecule has 1 fully saturated rings. The summed E-state index contributed by atoms with van der Waals surface area (Å²) in [6, 6.07) is 8.39. The van der Waals surface area contributed by atoms with E-state index in [1.165, 1.54) is 4.58 Å². The molecule has 1 aromatic carbocycles. The molecule has 1 aromatic rings. The Hall–Kier alpha value is -1.77. The number of fused-ring (bicyclic) bond motifs is 1. The quantitative estimate of drug-likeness (QED) is 0.689. The lowest BCUT2D eigenvalue weighted by atomic mass is 9.97. The van der Waals surface area contributed by atoms with Crippen molar-refractivity contribution in [2.45, 2.75) is 31.3 Å². The number of halogens is 2. The first-order chi connectivity index (χ1) is 9.63. The van der Waals surface area contributed by atoms with Gasteiger partial charge in [0.25, 0.3) is 0 Å². The molecule has 0 bridgehead atoms. The predicted molar refractivity (Wildman–Crippen MR) is 74.8 cm³/mol. The molecule has 110 valence electrons. The van der Waals surface area contributed by atoms with Crippen molar-refractivity contribution in [2.24, 2.45) is 5.73 Å². The van der Waals surface area contributed by atoms with Crippen molar-refractivity contribution in [3.63, 3.8) is 0 Å². The van der Waals surface area contributed by atoms with E-state index in [1.807, 2.05) is 0 Å². The highest BCUT2D eigenvalue weighted by Crippen LogP contribution is 2.31. The van der Waals surface area contributed by atoms with Crippen molar-refractivity contribution in [3.8, 4) is 6.07 Å². The van der Waals surface area contributed by atoms with Crippen LogP contribution in [0.5, 0.6) is 0 Å². The Morgan fingerprint density at radius 1 is 1.43 bits per heavy atom. The Bertz CT molecular complexity index is 653. The fraction of sp³-hybridized carbons (Fsp3) is 0.357. The molecule has 2 aliphatic heterocycles. The summed E-state index contributed by atoms with van der Waals surface area (Å²) in [5.41, 5.74) is 6.80. The van der Waals surface area contributed by atoms with E-state index < -0.39 is 6.04 Å². The number of benzene rings is 1. The van der Waals surface area contributed by atoms with Gasteiger partial charge in [-0.25, -0.2) is 9.69 Å². The van der Waals surface area contributed by atoms with Crippen LogP contribution < -0.4 is 18.1 Å². The third-order valence-corrected chi connectivity index (χ3v) is 4.09. The Labute approximate surface area is 134 Å². The summed E-state index contributed by atoms with van der Waals surface area (Å²) in [6.07, 6.45) is 2.40. The summed E-state index contributed by atoms with van der Waals surface area (Å²) in [7, 11) is 0. The Kier molecular flexibility index (Phi) is 4.40. The smallest absolute Gasteiger partial charge is 0.445 e. The highest BCUT2D eigenvalue weighted by Gasteiger charge is 2.50. The van der Waals surface area contributed by atoms with Gasteiger partial charge in [-0.3, -0.25) is 0 Å². The number of rotatable bonds is 1. The molecule has 0 aromatic heterocycles. The van der Waals surface area contributed by atoms with E-state index >= 15 is 0 Å². The second-order valence-electron chi connectivity index (χ2n) is 5.02. The van der Waals surface area contributed by atoms with Crippen molar-refractivity contribution < 1.29 is 21.8 Å². The molecule has 2 amide bonds. The molecule has 2 N–H and O–H groups in total. The molecule has 0 radical (unpaired) electrons. The Morgan fingerprint density at radius 2 is 2.19 bits per heavy atom. The average Bonchev–Trinajstić information content (AvgIpc) is 2.71. The third-order valence-electron chi connectivity index (χ3n) is 3.85. The number of carbonyl (C=O) groups excluding carboxylic acids is 1. The van der Waals surface area contributed by atoms with E-state index in [-0.39, 0.29) is 24.5 Å². The van der Waals surface area contributed by atoms with Gasteiger partial charge in [0.05, 0.1) is 0 Å². The first kappa shape index (κ1) is 15.6. The number of amides is 2. The molecule has 2 heterocycles. The van der Waals surface area contributed by atoms with Gasteiger partial charge >= 0.3 is 6.03 Å². The van der Waals surface area contributed by atoms with Gasteiger partial charge in [-0.05, 0) is 37.5 Å². The van der Waals surface area contributed by atoms with Gasteiger partial charge in [-0.1, -0.05) is 17.7 Å². The molecular formula is C14H14Cl2N4O. The number of urea groups is 1. The van der Waals surface area contributed by atoms with Crippen LogP contribution in [0.2, 0.25) is 5.02 Å². The normalized spacial score (nSPS) is 24.4. The average molecular weight is 325 g/mol. The summed E-state index contributed by atoms with van der Waals surface area (Å²) in [4.78, 5) is 14.2. The highest BCUT2D eigenvalue weighted by atomic mass is 35.5. The second kappa shape index (κ2) is 5.92. The number of piperidine rings is 1. The third kappa shape index (κ3) is 2.45. The predicted octanol–water partition coefficient (Wildman–Crippen LogP) is -0.775. The number of nitriles is 1. The summed E-state index contributed by atoms with van der Waals surface area (Å²) >= 11 is 5.97. The van der Waals surface area contributed by atoms with Crippen LogP contribution in [0.25, 0.3) is 0 Å². The van der Waals surface area contributed by atoms with E-state index in [2.05, 4.69) is 6.07 Å². The van der Waals surface area contributed by atoms with E-state index in [4.69, 9.17) is 17.3 Å². The maximum Gasteiger partial charge on any atom is 0.445 e. The Balaban J connectivity index is 0.00000161. The first-order valence-electron chi connectivity index (χ1n) is 6.53. The van der Waals surface area contributed by atoms with Crippen LogP contribution in [0.1, 0.15) is 19.3 Å².